The monoisotopic (exact) mass is 491 g/mol. The van der Waals surface area contributed by atoms with Gasteiger partial charge in [0.25, 0.3) is 0 Å². The van der Waals surface area contributed by atoms with Crippen molar-refractivity contribution < 1.29 is 17.6 Å². The first kappa shape index (κ1) is 23.3. The molecule has 5 rings (SSSR count). The third-order valence-corrected chi connectivity index (χ3v) is 8.00. The number of carbonyl (C=O) groups is 1. The van der Waals surface area contributed by atoms with Gasteiger partial charge < -0.3 is 9.47 Å². The van der Waals surface area contributed by atoms with Crippen LogP contribution in [-0.4, -0.2) is 42.9 Å². The van der Waals surface area contributed by atoms with E-state index in [-0.39, 0.29) is 23.4 Å². The van der Waals surface area contributed by atoms with E-state index in [0.717, 1.165) is 34.3 Å². The van der Waals surface area contributed by atoms with Crippen molar-refractivity contribution >= 4 is 26.8 Å². The molecule has 1 aliphatic rings. The second-order valence-electron chi connectivity index (χ2n) is 8.77. The van der Waals surface area contributed by atoms with Gasteiger partial charge in [0.1, 0.15) is 12.4 Å². The van der Waals surface area contributed by atoms with Crippen molar-refractivity contribution in [2.24, 2.45) is 0 Å². The number of rotatable bonds is 6. The van der Waals surface area contributed by atoms with Crippen LogP contribution < -0.4 is 4.72 Å². The third-order valence-electron chi connectivity index (χ3n) is 6.47. The molecular formula is C27H26FN3O3S. The maximum atomic E-state index is 13.3. The Morgan fingerprint density at radius 2 is 1.57 bits per heavy atom. The minimum Gasteiger partial charge on any atom is -0.341 e. The van der Waals surface area contributed by atoms with Crippen molar-refractivity contribution in [3.05, 3.63) is 90.7 Å². The smallest absolute Gasteiger partial charge is 0.242 e. The van der Waals surface area contributed by atoms with Gasteiger partial charge >= 0.3 is 0 Å². The summed E-state index contributed by atoms with van der Waals surface area (Å²) in [5.41, 5.74) is 3.04. The lowest BCUT2D eigenvalue weighted by Crippen LogP contribution is -2.47. The molecule has 1 aromatic heterocycles. The van der Waals surface area contributed by atoms with Gasteiger partial charge in [0, 0.05) is 35.7 Å². The van der Waals surface area contributed by atoms with Gasteiger partial charge in [-0.25, -0.2) is 17.5 Å². The number of carbonyl (C=O) groups excluding carboxylic acids is 1. The Bertz CT molecular complexity index is 1440. The molecule has 3 aromatic carbocycles. The van der Waals surface area contributed by atoms with Crippen LogP contribution in [0.4, 0.5) is 4.39 Å². The number of halogens is 1. The second-order valence-corrected chi connectivity index (χ2v) is 10.5. The van der Waals surface area contributed by atoms with Crippen LogP contribution in [0, 0.1) is 5.82 Å². The van der Waals surface area contributed by atoms with E-state index in [0.29, 0.717) is 25.9 Å². The lowest BCUT2D eigenvalue weighted by Gasteiger charge is -2.32. The maximum absolute atomic E-state index is 13.3. The molecule has 6 nitrogen and oxygen atoms in total. The van der Waals surface area contributed by atoms with Crippen LogP contribution in [0.2, 0.25) is 0 Å². The van der Waals surface area contributed by atoms with Gasteiger partial charge in [-0.15, -0.1) is 0 Å². The van der Waals surface area contributed by atoms with E-state index in [1.165, 1.54) is 12.1 Å². The Balaban J connectivity index is 1.27. The molecule has 0 unspecified atom stereocenters. The highest BCUT2D eigenvalue weighted by atomic mass is 32.2. The fourth-order valence-corrected chi connectivity index (χ4v) is 5.92. The van der Waals surface area contributed by atoms with Gasteiger partial charge in [-0.3, -0.25) is 4.79 Å². The number of amides is 1. The summed E-state index contributed by atoms with van der Waals surface area (Å²) in [5, 5.41) is 1.08. The number of para-hydroxylation sites is 1. The summed E-state index contributed by atoms with van der Waals surface area (Å²) in [5.74, 6) is -0.481. The van der Waals surface area contributed by atoms with Crippen molar-refractivity contribution in [2.45, 2.75) is 30.3 Å². The molecule has 8 heteroatoms. The number of hydrogen-bond acceptors (Lipinski definition) is 3. The lowest BCUT2D eigenvalue weighted by molar-refractivity contribution is -0.132. The van der Waals surface area contributed by atoms with Gasteiger partial charge in [0.2, 0.25) is 15.9 Å². The maximum Gasteiger partial charge on any atom is 0.242 e. The van der Waals surface area contributed by atoms with Crippen LogP contribution in [0.3, 0.4) is 0 Å². The number of aromatic nitrogens is 1. The van der Waals surface area contributed by atoms with Crippen LogP contribution in [0.5, 0.6) is 0 Å². The fraction of sp³-hybridized carbons (Fsp3) is 0.222. The van der Waals surface area contributed by atoms with Crippen LogP contribution in [0.1, 0.15) is 12.8 Å². The molecule has 4 aromatic rings. The van der Waals surface area contributed by atoms with Crippen molar-refractivity contribution in [3.8, 4) is 11.3 Å². The average Bonchev–Trinajstić information content (AvgIpc) is 3.23. The van der Waals surface area contributed by atoms with Gasteiger partial charge in [0.15, 0.2) is 0 Å². The summed E-state index contributed by atoms with van der Waals surface area (Å²) in [4.78, 5) is 15.1. The molecule has 0 radical (unpaired) electrons. The van der Waals surface area contributed by atoms with E-state index in [4.69, 9.17) is 0 Å². The highest BCUT2D eigenvalue weighted by molar-refractivity contribution is 7.89. The molecule has 2 heterocycles. The van der Waals surface area contributed by atoms with Gasteiger partial charge in [-0.2, -0.15) is 0 Å². The van der Waals surface area contributed by atoms with E-state index in [9.17, 15) is 17.6 Å². The standard InChI is InChI=1S/C27H26FN3O3S/c28-22-10-12-24(13-11-22)35(33,34)29-23-14-16-30(17-15-23)27(32)19-31-25-9-5-4-8-21(25)18-26(31)20-6-2-1-3-7-20/h1-13,18,23,29H,14-17,19H2. The van der Waals surface area contributed by atoms with Crippen LogP contribution in [-0.2, 0) is 21.4 Å². The lowest BCUT2D eigenvalue weighted by atomic mass is 10.1. The molecule has 1 saturated heterocycles. The summed E-state index contributed by atoms with van der Waals surface area (Å²) < 4.78 is 43.1. The number of piperidine rings is 1. The zero-order valence-corrected chi connectivity index (χ0v) is 19.9. The molecule has 1 amide bonds. The van der Waals surface area contributed by atoms with Crippen molar-refractivity contribution in [1.82, 2.24) is 14.2 Å². The van der Waals surface area contributed by atoms with Gasteiger partial charge in [-0.05, 0) is 54.8 Å². The summed E-state index contributed by atoms with van der Waals surface area (Å²) in [6.07, 6.45) is 1.04. The minimum atomic E-state index is -3.74. The van der Waals surface area contributed by atoms with Crippen LogP contribution in [0.25, 0.3) is 22.2 Å². The molecule has 35 heavy (non-hydrogen) atoms. The fourth-order valence-electron chi connectivity index (χ4n) is 4.61. The largest absolute Gasteiger partial charge is 0.341 e. The minimum absolute atomic E-state index is 0.00313. The molecule has 0 aliphatic carbocycles. The number of hydrogen-bond donors (Lipinski definition) is 1. The van der Waals surface area contributed by atoms with Crippen molar-refractivity contribution in [2.75, 3.05) is 13.1 Å². The Labute approximate surface area is 204 Å². The molecular weight excluding hydrogens is 465 g/mol. The summed E-state index contributed by atoms with van der Waals surface area (Å²) in [6, 6.07) is 24.6. The molecule has 0 atom stereocenters. The van der Waals surface area contributed by atoms with E-state index in [1.807, 2.05) is 54.6 Å². The van der Waals surface area contributed by atoms with Crippen LogP contribution in [0.15, 0.2) is 89.8 Å². The first-order chi connectivity index (χ1) is 16.9. The molecule has 180 valence electrons. The molecule has 0 spiro atoms. The normalized spacial score (nSPS) is 14.9. The first-order valence-electron chi connectivity index (χ1n) is 11.6. The summed E-state index contributed by atoms with van der Waals surface area (Å²) in [7, 11) is -3.74. The van der Waals surface area contributed by atoms with E-state index in [2.05, 4.69) is 15.4 Å². The Morgan fingerprint density at radius 1 is 0.914 bits per heavy atom. The summed E-state index contributed by atoms with van der Waals surface area (Å²) >= 11 is 0. The number of benzene rings is 3. The highest BCUT2D eigenvalue weighted by Gasteiger charge is 2.27. The Kier molecular flexibility index (Phi) is 6.40. The number of nitrogens with one attached hydrogen (secondary N) is 1. The van der Waals surface area contributed by atoms with Gasteiger partial charge in [-0.1, -0.05) is 48.5 Å². The predicted molar refractivity (Wildman–Crippen MR) is 134 cm³/mol. The Hall–Kier alpha value is -3.49. The predicted octanol–water partition coefficient (Wildman–Crippen LogP) is 4.42. The number of likely N-dealkylation sites (tertiary alicyclic amines) is 1. The average molecular weight is 492 g/mol. The molecule has 0 bridgehead atoms. The zero-order valence-electron chi connectivity index (χ0n) is 19.1. The third kappa shape index (κ3) is 4.99. The Morgan fingerprint density at radius 3 is 2.29 bits per heavy atom. The van der Waals surface area contributed by atoms with E-state index < -0.39 is 15.8 Å². The SMILES string of the molecule is O=C(Cn1c(-c2ccccc2)cc2ccccc21)N1CCC(NS(=O)(=O)c2ccc(F)cc2)CC1. The number of fused-ring (bicyclic) bond motifs is 1. The van der Waals surface area contributed by atoms with Crippen LogP contribution >= 0.6 is 0 Å². The molecule has 1 N–H and O–H groups in total. The first-order valence-corrected chi connectivity index (χ1v) is 13.1. The second kappa shape index (κ2) is 9.64. The van der Waals surface area contributed by atoms with Gasteiger partial charge in [0.05, 0.1) is 4.90 Å². The summed E-state index contributed by atoms with van der Waals surface area (Å²) in [6.45, 7) is 1.15. The zero-order chi connectivity index (χ0) is 24.4. The number of nitrogens with zero attached hydrogens (tertiary/aromatic N) is 2. The molecule has 0 saturated carbocycles. The molecule has 1 aliphatic heterocycles. The van der Waals surface area contributed by atoms with E-state index in [1.54, 1.807) is 4.90 Å². The molecule has 1 fully saturated rings. The van der Waals surface area contributed by atoms with E-state index >= 15 is 0 Å². The topological polar surface area (TPSA) is 71.4 Å². The number of sulfonamides is 1. The van der Waals surface area contributed by atoms with Crippen molar-refractivity contribution in [1.29, 1.82) is 0 Å². The highest BCUT2D eigenvalue weighted by Crippen LogP contribution is 2.28. The van der Waals surface area contributed by atoms with Crippen molar-refractivity contribution in [3.63, 3.8) is 0 Å². The quantitative estimate of drug-likeness (QED) is 0.434.